The molecular weight excluding hydrogens is 318 g/mol. The van der Waals surface area contributed by atoms with Gasteiger partial charge in [0.15, 0.2) is 0 Å². The van der Waals surface area contributed by atoms with Crippen molar-refractivity contribution in [3.05, 3.63) is 48.2 Å². The maximum Gasteiger partial charge on any atom is 0.310 e. The molecule has 0 fully saturated rings. The number of ether oxygens (including phenoxy) is 1. The Kier molecular flexibility index (Phi) is 6.03. The summed E-state index contributed by atoms with van der Waals surface area (Å²) in [6.07, 6.45) is 3.83. The van der Waals surface area contributed by atoms with Crippen molar-refractivity contribution < 1.29 is 14.3 Å². The van der Waals surface area contributed by atoms with Crippen LogP contribution in [0.25, 0.3) is 6.08 Å². The second-order valence-electron chi connectivity index (χ2n) is 4.29. The van der Waals surface area contributed by atoms with Crippen LogP contribution >= 0.6 is 23.5 Å². The van der Waals surface area contributed by atoms with E-state index in [4.69, 9.17) is 4.74 Å². The van der Waals surface area contributed by atoms with Crippen molar-refractivity contribution in [1.82, 2.24) is 0 Å². The normalized spacial score (nSPS) is 15.8. The lowest BCUT2D eigenvalue weighted by molar-refractivity contribution is -0.134. The fourth-order valence-electron chi connectivity index (χ4n) is 1.58. The Morgan fingerprint density at radius 1 is 1.41 bits per heavy atom. The first-order valence-corrected chi connectivity index (χ1v) is 8.49. The third-order valence-corrected chi connectivity index (χ3v) is 4.63. The van der Waals surface area contributed by atoms with Crippen molar-refractivity contribution in [3.63, 3.8) is 0 Å². The summed E-state index contributed by atoms with van der Waals surface area (Å²) in [5, 5.41) is -0.0620. The van der Waals surface area contributed by atoms with Gasteiger partial charge in [-0.3, -0.25) is 9.59 Å². The van der Waals surface area contributed by atoms with Crippen LogP contribution in [0.1, 0.15) is 18.9 Å². The Morgan fingerprint density at radius 3 is 2.77 bits per heavy atom. The fraction of sp³-hybridized carbons (Fsp3) is 0.188. The lowest BCUT2D eigenvalue weighted by Gasteiger charge is -2.02. The minimum Gasteiger partial charge on any atom is -0.427 e. The summed E-state index contributed by atoms with van der Waals surface area (Å²) < 4.78 is 5.84. The van der Waals surface area contributed by atoms with Crippen molar-refractivity contribution in [2.75, 3.05) is 5.75 Å². The summed E-state index contributed by atoms with van der Waals surface area (Å²) in [6.45, 7) is 5.38. The van der Waals surface area contributed by atoms with Gasteiger partial charge in [-0.05, 0) is 35.5 Å². The molecule has 0 amide bonds. The molecule has 1 aromatic rings. The zero-order chi connectivity index (χ0) is 15.9. The largest absolute Gasteiger partial charge is 0.427 e. The smallest absolute Gasteiger partial charge is 0.310 e. The van der Waals surface area contributed by atoms with E-state index in [0.29, 0.717) is 17.9 Å². The molecule has 0 spiro atoms. The van der Waals surface area contributed by atoms with Gasteiger partial charge in [0.2, 0.25) is 5.12 Å². The molecule has 1 aromatic carbocycles. The van der Waals surface area contributed by atoms with E-state index < -0.39 is 0 Å². The summed E-state index contributed by atoms with van der Waals surface area (Å²) in [5.41, 5.74) is 1.26. The van der Waals surface area contributed by atoms with E-state index in [1.807, 2.05) is 0 Å². The number of hydrogen-bond acceptors (Lipinski definition) is 6. The molecule has 114 valence electrons. The fourth-order valence-corrected chi connectivity index (χ4v) is 3.18. The minimum absolute atomic E-state index is 0.0620. The van der Waals surface area contributed by atoms with E-state index in [0.717, 1.165) is 27.5 Å². The number of hydrogen-bond donors (Lipinski definition) is 0. The first-order valence-electron chi connectivity index (χ1n) is 6.69. The average Bonchev–Trinajstić information content (AvgIpc) is 2.87. The summed E-state index contributed by atoms with van der Waals surface area (Å²) in [5.74, 6) is 0.943. The monoisotopic (exact) mass is 333 g/mol. The topological polar surface area (TPSA) is 55.7 Å². The van der Waals surface area contributed by atoms with Gasteiger partial charge in [-0.2, -0.15) is 0 Å². The highest BCUT2D eigenvalue weighted by atomic mass is 32.2. The maximum absolute atomic E-state index is 11.9. The molecule has 22 heavy (non-hydrogen) atoms. The van der Waals surface area contributed by atoms with Gasteiger partial charge in [0, 0.05) is 12.2 Å². The van der Waals surface area contributed by atoms with E-state index in [1.165, 1.54) is 11.8 Å². The van der Waals surface area contributed by atoms with Crippen LogP contribution in [0.3, 0.4) is 0 Å². The molecule has 0 bridgehead atoms. The third-order valence-electron chi connectivity index (χ3n) is 2.63. The predicted molar refractivity (Wildman–Crippen MR) is 93.0 cm³/mol. The second kappa shape index (κ2) is 8.00. The molecule has 0 aromatic heterocycles. The first kappa shape index (κ1) is 16.6. The summed E-state index contributed by atoms with van der Waals surface area (Å²) in [4.78, 5) is 27.4. The highest BCUT2D eigenvalue weighted by Gasteiger charge is 2.21. The lowest BCUT2D eigenvalue weighted by Crippen LogP contribution is -2.05. The molecule has 6 heteroatoms. The molecule has 0 atom stereocenters. The molecule has 1 aliphatic heterocycles. The van der Waals surface area contributed by atoms with Crippen molar-refractivity contribution in [1.29, 1.82) is 0 Å². The molecule has 1 aliphatic rings. The van der Waals surface area contributed by atoms with E-state index in [2.05, 4.69) is 11.6 Å². The standard InChI is InChI=1S/C16H15NO3S2/c1-3-9-21-16-17-13(15(19)22-16)10-11-5-7-12(8-6-11)20-14(18)4-2/h3,5-8,10H,1,4,9H2,2H3. The Hall–Kier alpha value is -1.79. The molecule has 0 unspecified atom stereocenters. The number of carbonyl (C=O) groups excluding carboxylic acids is 2. The van der Waals surface area contributed by atoms with Crippen LogP contribution in [0.2, 0.25) is 0 Å². The molecule has 1 heterocycles. The summed E-state index contributed by atoms with van der Waals surface area (Å²) in [7, 11) is 0. The predicted octanol–water partition coefficient (Wildman–Crippen LogP) is 3.89. The molecule has 0 saturated heterocycles. The van der Waals surface area contributed by atoms with Crippen LogP contribution in [0, 0.1) is 0 Å². The molecule has 0 N–H and O–H groups in total. The number of esters is 1. The maximum atomic E-state index is 11.9. The number of thioether (sulfide) groups is 2. The van der Waals surface area contributed by atoms with E-state index in [-0.39, 0.29) is 11.1 Å². The van der Waals surface area contributed by atoms with Crippen LogP contribution in [-0.4, -0.2) is 21.2 Å². The molecule has 2 rings (SSSR count). The van der Waals surface area contributed by atoms with Crippen LogP contribution in [0.5, 0.6) is 5.75 Å². The zero-order valence-corrected chi connectivity index (χ0v) is 13.7. The van der Waals surface area contributed by atoms with E-state index in [9.17, 15) is 9.59 Å². The van der Waals surface area contributed by atoms with Gasteiger partial charge in [-0.15, -0.1) is 6.58 Å². The lowest BCUT2D eigenvalue weighted by atomic mass is 10.2. The van der Waals surface area contributed by atoms with Gasteiger partial charge in [-0.1, -0.05) is 36.9 Å². The Bertz CT molecular complexity index is 648. The van der Waals surface area contributed by atoms with Crippen molar-refractivity contribution in [2.24, 2.45) is 4.99 Å². The minimum atomic E-state index is -0.276. The molecule has 0 aliphatic carbocycles. The molecular formula is C16H15NO3S2. The molecule has 0 saturated carbocycles. The number of rotatable bonds is 5. The number of benzene rings is 1. The van der Waals surface area contributed by atoms with Crippen LogP contribution in [0.15, 0.2) is 47.6 Å². The number of aliphatic imine (C=N–C) groups is 1. The highest BCUT2D eigenvalue weighted by molar-refractivity contribution is 8.45. The number of nitrogens with zero attached hydrogens (tertiary/aromatic N) is 1. The van der Waals surface area contributed by atoms with Gasteiger partial charge >= 0.3 is 5.97 Å². The van der Waals surface area contributed by atoms with E-state index >= 15 is 0 Å². The van der Waals surface area contributed by atoms with Crippen LogP contribution < -0.4 is 4.74 Å². The van der Waals surface area contributed by atoms with Crippen molar-refractivity contribution in [3.8, 4) is 5.75 Å². The molecule has 0 radical (unpaired) electrons. The highest BCUT2D eigenvalue weighted by Crippen LogP contribution is 2.31. The summed E-state index contributed by atoms with van der Waals surface area (Å²) >= 11 is 2.63. The van der Waals surface area contributed by atoms with Gasteiger partial charge in [-0.25, -0.2) is 4.99 Å². The SMILES string of the molecule is C=CCSC1=NC(=Cc2ccc(OC(=O)CC)cc2)C(=O)S1. The quantitative estimate of drug-likeness (QED) is 0.354. The van der Waals surface area contributed by atoms with Crippen LogP contribution in [-0.2, 0) is 9.59 Å². The number of carbonyl (C=O) groups is 2. The molecule has 4 nitrogen and oxygen atoms in total. The Balaban J connectivity index is 2.08. The van der Waals surface area contributed by atoms with Gasteiger partial charge in [0.1, 0.15) is 15.8 Å². The first-order chi connectivity index (χ1) is 10.6. The van der Waals surface area contributed by atoms with Gasteiger partial charge in [0.25, 0.3) is 0 Å². The zero-order valence-electron chi connectivity index (χ0n) is 12.1. The third kappa shape index (κ3) is 4.61. The second-order valence-corrected chi connectivity index (χ2v) is 6.52. The van der Waals surface area contributed by atoms with Gasteiger partial charge < -0.3 is 4.74 Å². The van der Waals surface area contributed by atoms with E-state index in [1.54, 1.807) is 43.3 Å². The van der Waals surface area contributed by atoms with Crippen molar-refractivity contribution in [2.45, 2.75) is 13.3 Å². The Morgan fingerprint density at radius 2 is 2.14 bits per heavy atom. The Labute approximate surface area is 137 Å². The average molecular weight is 333 g/mol. The summed E-state index contributed by atoms with van der Waals surface area (Å²) in [6, 6.07) is 6.97. The van der Waals surface area contributed by atoms with Crippen LogP contribution in [0.4, 0.5) is 0 Å². The van der Waals surface area contributed by atoms with Crippen molar-refractivity contribution >= 4 is 45.1 Å². The van der Waals surface area contributed by atoms with Gasteiger partial charge in [0.05, 0.1) is 0 Å².